The fourth-order valence-corrected chi connectivity index (χ4v) is 4.72. The highest BCUT2D eigenvalue weighted by atomic mass is 32.2. The van der Waals surface area contributed by atoms with Crippen molar-refractivity contribution in [3.63, 3.8) is 0 Å². The van der Waals surface area contributed by atoms with Crippen LogP contribution in [0.15, 0.2) is 108 Å². The van der Waals surface area contributed by atoms with Crippen LogP contribution in [0.3, 0.4) is 0 Å². The molecule has 0 N–H and O–H groups in total. The third-order valence-corrected chi connectivity index (χ3v) is 7.39. The van der Waals surface area contributed by atoms with Crippen LogP contribution in [0.1, 0.15) is 41.5 Å². The van der Waals surface area contributed by atoms with Crippen LogP contribution in [0.2, 0.25) is 0 Å². The molecule has 0 heterocycles. The fraction of sp³-hybridized carbons (Fsp3) is 0.226. The summed E-state index contributed by atoms with van der Waals surface area (Å²) in [7, 11) is -3.80. The molecule has 1 atom stereocenters. The maximum Gasteiger partial charge on any atom is 0.296 e. The van der Waals surface area contributed by atoms with Crippen LogP contribution in [-0.4, -0.2) is 15.0 Å². The van der Waals surface area contributed by atoms with Crippen LogP contribution in [0.5, 0.6) is 11.5 Å². The van der Waals surface area contributed by atoms with Gasteiger partial charge in [-0.15, -0.1) is 0 Å². The average Bonchev–Trinajstić information content (AvgIpc) is 2.92. The first kappa shape index (κ1) is 26.5. The van der Waals surface area contributed by atoms with Crippen molar-refractivity contribution < 1.29 is 22.1 Å². The molecule has 192 valence electrons. The summed E-state index contributed by atoms with van der Waals surface area (Å²) in [5.41, 5.74) is 4.13. The predicted octanol–water partition coefficient (Wildman–Crippen LogP) is 7.05. The minimum atomic E-state index is -3.80. The van der Waals surface area contributed by atoms with Gasteiger partial charge < -0.3 is 9.47 Å². The summed E-state index contributed by atoms with van der Waals surface area (Å²) in [6, 6.07) is 32.5. The predicted molar refractivity (Wildman–Crippen MR) is 145 cm³/mol. The molecular formula is C31H32O5S. The zero-order chi connectivity index (χ0) is 26.1. The molecule has 5 nitrogen and oxygen atoms in total. The molecule has 0 aromatic heterocycles. The lowest BCUT2D eigenvalue weighted by Gasteiger charge is -2.17. The van der Waals surface area contributed by atoms with Crippen molar-refractivity contribution in [3.8, 4) is 11.5 Å². The van der Waals surface area contributed by atoms with Gasteiger partial charge in [-0.1, -0.05) is 85.3 Å². The third-order valence-electron chi connectivity index (χ3n) is 6.07. The van der Waals surface area contributed by atoms with Gasteiger partial charge in [0, 0.05) is 6.07 Å². The molecule has 0 saturated carbocycles. The van der Waals surface area contributed by atoms with Crippen molar-refractivity contribution in [2.75, 3.05) is 6.61 Å². The number of ether oxygens (including phenoxy) is 2. The van der Waals surface area contributed by atoms with Crippen molar-refractivity contribution in [1.29, 1.82) is 0 Å². The summed E-state index contributed by atoms with van der Waals surface area (Å²) >= 11 is 0. The van der Waals surface area contributed by atoms with Crippen molar-refractivity contribution in [3.05, 3.63) is 125 Å². The molecule has 0 radical (unpaired) electrons. The van der Waals surface area contributed by atoms with E-state index < -0.39 is 10.1 Å². The minimum Gasteiger partial charge on any atom is -0.489 e. The second-order valence-corrected chi connectivity index (χ2v) is 10.7. The van der Waals surface area contributed by atoms with Crippen LogP contribution >= 0.6 is 0 Å². The molecule has 0 aliphatic carbocycles. The molecule has 0 amide bonds. The molecule has 4 aromatic rings. The third kappa shape index (κ3) is 7.94. The lowest BCUT2D eigenvalue weighted by atomic mass is 9.97. The van der Waals surface area contributed by atoms with E-state index in [1.807, 2.05) is 92.7 Å². The summed E-state index contributed by atoms with van der Waals surface area (Å²) < 4.78 is 42.6. The van der Waals surface area contributed by atoms with Crippen LogP contribution in [0.4, 0.5) is 0 Å². The quantitative estimate of drug-likeness (QED) is 0.189. The van der Waals surface area contributed by atoms with Crippen molar-refractivity contribution in [2.24, 2.45) is 0 Å². The van der Waals surface area contributed by atoms with Gasteiger partial charge in [0.05, 0.1) is 11.5 Å². The lowest BCUT2D eigenvalue weighted by Crippen LogP contribution is -2.10. The smallest absolute Gasteiger partial charge is 0.296 e. The molecule has 0 spiro atoms. The summed E-state index contributed by atoms with van der Waals surface area (Å²) in [6.45, 7) is 4.91. The first-order valence-corrected chi connectivity index (χ1v) is 13.7. The van der Waals surface area contributed by atoms with E-state index >= 15 is 0 Å². The van der Waals surface area contributed by atoms with Gasteiger partial charge in [-0.3, -0.25) is 4.18 Å². The minimum absolute atomic E-state index is 0.0209. The Labute approximate surface area is 219 Å². The molecule has 4 aromatic carbocycles. The average molecular weight is 517 g/mol. The van der Waals surface area contributed by atoms with E-state index in [4.69, 9.17) is 13.7 Å². The highest BCUT2D eigenvalue weighted by Gasteiger charge is 2.17. The molecule has 0 saturated heterocycles. The monoisotopic (exact) mass is 516 g/mol. The Morgan fingerprint density at radius 2 is 1.22 bits per heavy atom. The van der Waals surface area contributed by atoms with E-state index in [9.17, 15) is 8.42 Å². The molecule has 4 rings (SSSR count). The van der Waals surface area contributed by atoms with Crippen LogP contribution < -0.4 is 9.47 Å². The van der Waals surface area contributed by atoms with Gasteiger partial charge in [0.15, 0.2) is 0 Å². The topological polar surface area (TPSA) is 61.8 Å². The highest BCUT2D eigenvalue weighted by Crippen LogP contribution is 2.30. The number of rotatable bonds is 12. The van der Waals surface area contributed by atoms with Crippen molar-refractivity contribution in [1.82, 2.24) is 0 Å². The van der Waals surface area contributed by atoms with E-state index in [1.165, 1.54) is 0 Å². The second-order valence-electron chi connectivity index (χ2n) is 9.07. The van der Waals surface area contributed by atoms with E-state index in [0.717, 1.165) is 22.3 Å². The molecule has 0 fully saturated rings. The Morgan fingerprint density at radius 1 is 0.703 bits per heavy atom. The van der Waals surface area contributed by atoms with Gasteiger partial charge in [0.2, 0.25) is 0 Å². The number of benzene rings is 4. The van der Waals surface area contributed by atoms with E-state index in [-0.39, 0.29) is 17.4 Å². The molecule has 37 heavy (non-hydrogen) atoms. The van der Waals surface area contributed by atoms with Gasteiger partial charge in [0.25, 0.3) is 10.1 Å². The standard InChI is InChI=1S/C31H32O5S/c1-24-13-15-31(16-14-24)37(32,33)36-18-17-25(2)28-19-29(34-22-26-9-5-3-6-10-26)21-30(20-28)35-23-27-11-7-4-8-12-27/h3-16,19-21,25H,17-18,22-23H2,1-2H3. The van der Waals surface area contributed by atoms with Gasteiger partial charge >= 0.3 is 0 Å². The maximum atomic E-state index is 12.5. The Kier molecular flexibility index (Phi) is 8.99. The van der Waals surface area contributed by atoms with Crippen molar-refractivity contribution in [2.45, 2.75) is 44.3 Å². The highest BCUT2D eigenvalue weighted by molar-refractivity contribution is 7.86. The van der Waals surface area contributed by atoms with Crippen LogP contribution in [-0.2, 0) is 27.5 Å². The molecular weight excluding hydrogens is 484 g/mol. The summed E-state index contributed by atoms with van der Waals surface area (Å²) in [6.07, 6.45) is 0.519. The Hall–Kier alpha value is -3.61. The lowest BCUT2D eigenvalue weighted by molar-refractivity contribution is 0.287. The molecule has 1 unspecified atom stereocenters. The Bertz CT molecular complexity index is 1310. The largest absolute Gasteiger partial charge is 0.489 e. The van der Waals surface area contributed by atoms with E-state index in [0.29, 0.717) is 31.1 Å². The SMILES string of the molecule is Cc1ccc(S(=O)(=O)OCCC(C)c2cc(OCc3ccccc3)cc(OCc3ccccc3)c2)cc1. The Morgan fingerprint density at radius 3 is 1.73 bits per heavy atom. The van der Waals surface area contributed by atoms with Gasteiger partial charge in [-0.05, 0) is 60.2 Å². The van der Waals surface area contributed by atoms with Gasteiger partial charge in [0.1, 0.15) is 24.7 Å². The zero-order valence-electron chi connectivity index (χ0n) is 21.2. The van der Waals surface area contributed by atoms with Crippen LogP contribution in [0, 0.1) is 6.92 Å². The van der Waals surface area contributed by atoms with Gasteiger partial charge in [-0.25, -0.2) is 0 Å². The molecule has 0 bridgehead atoms. The number of aryl methyl sites for hydroxylation is 1. The molecule has 0 aliphatic heterocycles. The summed E-state index contributed by atoms with van der Waals surface area (Å²) in [4.78, 5) is 0.165. The normalized spacial score (nSPS) is 12.2. The first-order valence-electron chi connectivity index (χ1n) is 12.3. The van der Waals surface area contributed by atoms with E-state index in [1.54, 1.807) is 24.3 Å². The number of hydrogen-bond donors (Lipinski definition) is 0. The first-order chi connectivity index (χ1) is 17.9. The van der Waals surface area contributed by atoms with Gasteiger partial charge in [-0.2, -0.15) is 8.42 Å². The second kappa shape index (κ2) is 12.6. The zero-order valence-corrected chi connectivity index (χ0v) is 22.0. The fourth-order valence-electron chi connectivity index (χ4n) is 3.80. The molecule has 6 heteroatoms. The summed E-state index contributed by atoms with van der Waals surface area (Å²) in [5, 5.41) is 0. The number of hydrogen-bond acceptors (Lipinski definition) is 5. The molecule has 0 aliphatic rings. The maximum absolute atomic E-state index is 12.5. The summed E-state index contributed by atoms with van der Waals surface area (Å²) in [5.74, 6) is 1.42. The van der Waals surface area contributed by atoms with Crippen molar-refractivity contribution >= 4 is 10.1 Å². The van der Waals surface area contributed by atoms with Crippen LogP contribution in [0.25, 0.3) is 0 Å². The van der Waals surface area contributed by atoms with E-state index in [2.05, 4.69) is 0 Å². The Balaban J connectivity index is 1.44.